The van der Waals surface area contributed by atoms with Gasteiger partial charge in [0.05, 0.1) is 29.1 Å². The number of rotatable bonds is 4. The van der Waals surface area contributed by atoms with Crippen LogP contribution in [0.5, 0.6) is 0 Å². The predicted octanol–water partition coefficient (Wildman–Crippen LogP) is 5.16. The molecule has 6 heteroatoms. The number of aldehydes is 1. The Kier molecular flexibility index (Phi) is 4.30. The highest BCUT2D eigenvalue weighted by Gasteiger charge is 2.10. The summed E-state index contributed by atoms with van der Waals surface area (Å²) in [5.41, 5.74) is 5.84. The Bertz CT molecular complexity index is 1380. The SMILES string of the molecule is O=Cc1ccc(-c2ccc3ncn(Cc4ccc5ncccc5c4)c3n2)cc1Cl. The van der Waals surface area contributed by atoms with Crippen LogP contribution < -0.4 is 0 Å². The topological polar surface area (TPSA) is 60.7 Å². The highest BCUT2D eigenvalue weighted by Crippen LogP contribution is 2.25. The molecule has 2 aromatic carbocycles. The van der Waals surface area contributed by atoms with Crippen molar-refractivity contribution in [2.45, 2.75) is 6.54 Å². The van der Waals surface area contributed by atoms with E-state index < -0.39 is 0 Å². The smallest absolute Gasteiger partial charge is 0.160 e. The molecule has 0 atom stereocenters. The lowest BCUT2D eigenvalue weighted by atomic mass is 10.1. The molecule has 0 saturated heterocycles. The molecule has 5 rings (SSSR count). The van der Waals surface area contributed by atoms with Gasteiger partial charge in [0.1, 0.15) is 5.52 Å². The van der Waals surface area contributed by atoms with Crippen LogP contribution in [0.15, 0.2) is 73.2 Å². The van der Waals surface area contributed by atoms with Crippen molar-refractivity contribution in [3.05, 3.63) is 89.3 Å². The monoisotopic (exact) mass is 398 g/mol. The third-order valence-corrected chi connectivity index (χ3v) is 5.23. The molecule has 0 aliphatic carbocycles. The fourth-order valence-electron chi connectivity index (χ4n) is 3.42. The third kappa shape index (κ3) is 3.26. The number of nitrogens with zero attached hydrogens (tertiary/aromatic N) is 4. The Morgan fingerprint density at radius 2 is 1.86 bits per heavy atom. The summed E-state index contributed by atoms with van der Waals surface area (Å²) in [6.45, 7) is 0.655. The van der Waals surface area contributed by atoms with E-state index >= 15 is 0 Å². The Morgan fingerprint density at radius 1 is 0.966 bits per heavy atom. The molecular weight excluding hydrogens is 384 g/mol. The number of pyridine rings is 2. The number of imidazole rings is 1. The van der Waals surface area contributed by atoms with E-state index in [1.165, 1.54) is 0 Å². The van der Waals surface area contributed by atoms with Crippen molar-refractivity contribution in [1.29, 1.82) is 0 Å². The molecule has 0 aliphatic rings. The van der Waals surface area contributed by atoms with E-state index in [0.717, 1.165) is 45.2 Å². The minimum Gasteiger partial charge on any atom is -0.311 e. The number of carbonyl (C=O) groups excluding carboxylic acids is 1. The van der Waals surface area contributed by atoms with Crippen LogP contribution in [0.1, 0.15) is 15.9 Å². The van der Waals surface area contributed by atoms with E-state index in [0.29, 0.717) is 17.1 Å². The van der Waals surface area contributed by atoms with Gasteiger partial charge in [0.25, 0.3) is 0 Å². The van der Waals surface area contributed by atoms with Gasteiger partial charge in [-0.15, -0.1) is 0 Å². The highest BCUT2D eigenvalue weighted by molar-refractivity contribution is 6.33. The summed E-state index contributed by atoms with van der Waals surface area (Å²) in [5, 5.41) is 1.52. The van der Waals surface area contributed by atoms with E-state index in [1.54, 1.807) is 24.7 Å². The fraction of sp³-hybridized carbons (Fsp3) is 0.0435. The molecule has 29 heavy (non-hydrogen) atoms. The third-order valence-electron chi connectivity index (χ3n) is 4.91. The molecule has 0 bridgehead atoms. The van der Waals surface area contributed by atoms with Crippen LogP contribution >= 0.6 is 11.6 Å². The Labute approximate surface area is 171 Å². The minimum absolute atomic E-state index is 0.415. The van der Waals surface area contributed by atoms with Crippen molar-refractivity contribution in [1.82, 2.24) is 19.5 Å². The van der Waals surface area contributed by atoms with Crippen LogP contribution in [0.3, 0.4) is 0 Å². The normalized spacial score (nSPS) is 11.2. The number of fused-ring (bicyclic) bond motifs is 2. The molecule has 0 amide bonds. The van der Waals surface area contributed by atoms with Gasteiger partial charge in [-0.2, -0.15) is 0 Å². The lowest BCUT2D eigenvalue weighted by molar-refractivity contribution is 0.112. The van der Waals surface area contributed by atoms with Crippen LogP contribution in [0.2, 0.25) is 5.02 Å². The maximum Gasteiger partial charge on any atom is 0.160 e. The molecule has 140 valence electrons. The number of benzene rings is 2. The van der Waals surface area contributed by atoms with Gasteiger partial charge in [0.2, 0.25) is 0 Å². The summed E-state index contributed by atoms with van der Waals surface area (Å²) in [5.74, 6) is 0. The maximum absolute atomic E-state index is 11.0. The summed E-state index contributed by atoms with van der Waals surface area (Å²) in [6.07, 6.45) is 4.35. The summed E-state index contributed by atoms with van der Waals surface area (Å²) in [4.78, 5) is 24.6. The molecule has 0 saturated carbocycles. The quantitative estimate of drug-likeness (QED) is 0.392. The van der Waals surface area contributed by atoms with Gasteiger partial charge in [0, 0.05) is 22.7 Å². The molecule has 0 spiro atoms. The summed E-state index contributed by atoms with van der Waals surface area (Å²) in [7, 11) is 0. The number of carbonyl (C=O) groups is 1. The number of hydrogen-bond acceptors (Lipinski definition) is 4. The average Bonchev–Trinajstić information content (AvgIpc) is 3.15. The molecule has 5 aromatic rings. The van der Waals surface area contributed by atoms with E-state index in [2.05, 4.69) is 28.2 Å². The Hall–Kier alpha value is -3.57. The van der Waals surface area contributed by atoms with Crippen molar-refractivity contribution in [2.24, 2.45) is 0 Å². The van der Waals surface area contributed by atoms with Crippen molar-refractivity contribution in [3.8, 4) is 11.3 Å². The van der Waals surface area contributed by atoms with Crippen LogP contribution in [-0.2, 0) is 6.54 Å². The van der Waals surface area contributed by atoms with Gasteiger partial charge in [0.15, 0.2) is 11.9 Å². The van der Waals surface area contributed by atoms with Crippen molar-refractivity contribution in [2.75, 3.05) is 0 Å². The van der Waals surface area contributed by atoms with Gasteiger partial charge in [-0.3, -0.25) is 9.78 Å². The second-order valence-electron chi connectivity index (χ2n) is 6.80. The van der Waals surface area contributed by atoms with Crippen molar-refractivity contribution < 1.29 is 4.79 Å². The van der Waals surface area contributed by atoms with Crippen LogP contribution in [0, 0.1) is 0 Å². The zero-order chi connectivity index (χ0) is 19.8. The number of aromatic nitrogens is 4. The van der Waals surface area contributed by atoms with Gasteiger partial charge in [-0.1, -0.05) is 29.8 Å². The van der Waals surface area contributed by atoms with Crippen molar-refractivity contribution in [3.63, 3.8) is 0 Å². The standard InChI is InChI=1S/C23H15ClN4O/c24-19-11-17(4-5-18(19)13-29)21-7-8-22-23(27-21)28(14-26-22)12-15-3-6-20-16(10-15)2-1-9-25-20/h1-11,13-14H,12H2. The summed E-state index contributed by atoms with van der Waals surface area (Å²) >= 11 is 6.18. The molecule has 0 fully saturated rings. The summed E-state index contributed by atoms with van der Waals surface area (Å²) in [6, 6.07) is 19.4. The first-order valence-electron chi connectivity index (χ1n) is 9.12. The van der Waals surface area contributed by atoms with Gasteiger partial charge in [-0.05, 0) is 48.0 Å². The lowest BCUT2D eigenvalue weighted by Gasteiger charge is -2.07. The van der Waals surface area contributed by atoms with E-state index in [1.807, 2.05) is 34.9 Å². The molecule has 0 unspecified atom stereocenters. The molecule has 0 N–H and O–H groups in total. The molecule has 0 aliphatic heterocycles. The van der Waals surface area contributed by atoms with Gasteiger partial charge in [-0.25, -0.2) is 9.97 Å². The molecule has 0 radical (unpaired) electrons. The fourth-order valence-corrected chi connectivity index (χ4v) is 3.64. The summed E-state index contributed by atoms with van der Waals surface area (Å²) < 4.78 is 2.03. The molecule has 3 heterocycles. The van der Waals surface area contributed by atoms with E-state index in [-0.39, 0.29) is 0 Å². The van der Waals surface area contributed by atoms with Crippen LogP contribution in [0.25, 0.3) is 33.3 Å². The largest absolute Gasteiger partial charge is 0.311 e. The van der Waals surface area contributed by atoms with E-state index in [9.17, 15) is 4.79 Å². The van der Waals surface area contributed by atoms with Crippen LogP contribution in [-0.4, -0.2) is 25.8 Å². The van der Waals surface area contributed by atoms with E-state index in [4.69, 9.17) is 16.6 Å². The second-order valence-corrected chi connectivity index (χ2v) is 7.20. The maximum atomic E-state index is 11.0. The first-order chi connectivity index (χ1) is 14.2. The second kappa shape index (κ2) is 7.11. The van der Waals surface area contributed by atoms with Gasteiger partial charge < -0.3 is 4.57 Å². The Balaban J connectivity index is 1.53. The molecule has 5 nitrogen and oxygen atoms in total. The number of hydrogen-bond donors (Lipinski definition) is 0. The minimum atomic E-state index is 0.415. The first-order valence-corrected chi connectivity index (χ1v) is 9.50. The first kappa shape index (κ1) is 17.5. The lowest BCUT2D eigenvalue weighted by Crippen LogP contribution is -2.00. The van der Waals surface area contributed by atoms with Crippen LogP contribution in [0.4, 0.5) is 0 Å². The Morgan fingerprint density at radius 3 is 2.72 bits per heavy atom. The molecule has 3 aromatic heterocycles. The highest BCUT2D eigenvalue weighted by atomic mass is 35.5. The zero-order valence-corrected chi connectivity index (χ0v) is 16.0. The molecular formula is C23H15ClN4O. The van der Waals surface area contributed by atoms with Gasteiger partial charge >= 0.3 is 0 Å². The van der Waals surface area contributed by atoms with Crippen molar-refractivity contribution >= 4 is 40.0 Å². The predicted molar refractivity (Wildman–Crippen MR) is 114 cm³/mol. The average molecular weight is 399 g/mol. The zero-order valence-electron chi connectivity index (χ0n) is 15.3. The number of halogens is 1.